The van der Waals surface area contributed by atoms with E-state index in [-0.39, 0.29) is 11.7 Å². The van der Waals surface area contributed by atoms with Crippen LogP contribution in [0.15, 0.2) is 52.9 Å². The standard InChI is InChI=1S/C21H17Cl3N2O3/c22-13-4-5-17(26-8-10-28-11-9-26)16(12-13)25-21(27)19-7-6-18(29-19)14-2-1-3-15(23)20(14)24/h1-7,12H,8-11H2,(H,25,27). The number of amides is 1. The molecule has 0 aliphatic carbocycles. The summed E-state index contributed by atoms with van der Waals surface area (Å²) < 4.78 is 11.1. The van der Waals surface area contributed by atoms with Crippen molar-refractivity contribution in [2.75, 3.05) is 36.5 Å². The molecule has 0 atom stereocenters. The van der Waals surface area contributed by atoms with Crippen molar-refractivity contribution in [3.8, 4) is 11.3 Å². The van der Waals surface area contributed by atoms with Crippen LogP contribution in [0.1, 0.15) is 10.6 Å². The van der Waals surface area contributed by atoms with Crippen molar-refractivity contribution in [2.45, 2.75) is 0 Å². The van der Waals surface area contributed by atoms with Gasteiger partial charge in [-0.05, 0) is 42.5 Å². The lowest BCUT2D eigenvalue weighted by molar-refractivity contribution is 0.0997. The number of carbonyl (C=O) groups excluding carboxylic acids is 1. The molecule has 29 heavy (non-hydrogen) atoms. The molecule has 2 aromatic carbocycles. The van der Waals surface area contributed by atoms with Crippen LogP contribution in [-0.4, -0.2) is 32.2 Å². The number of furan rings is 1. The quantitative estimate of drug-likeness (QED) is 0.529. The summed E-state index contributed by atoms with van der Waals surface area (Å²) in [6.07, 6.45) is 0. The van der Waals surface area contributed by atoms with Gasteiger partial charge in [0.05, 0.1) is 34.6 Å². The topological polar surface area (TPSA) is 54.7 Å². The van der Waals surface area contributed by atoms with Gasteiger partial charge in [-0.15, -0.1) is 0 Å². The van der Waals surface area contributed by atoms with Crippen LogP contribution in [0, 0.1) is 0 Å². The maximum atomic E-state index is 12.8. The van der Waals surface area contributed by atoms with Crippen molar-refractivity contribution in [1.29, 1.82) is 0 Å². The summed E-state index contributed by atoms with van der Waals surface area (Å²) in [6, 6.07) is 13.9. The highest BCUT2D eigenvalue weighted by molar-refractivity contribution is 6.43. The lowest BCUT2D eigenvalue weighted by Gasteiger charge is -2.30. The first-order chi connectivity index (χ1) is 14.0. The van der Waals surface area contributed by atoms with Gasteiger partial charge in [-0.25, -0.2) is 0 Å². The van der Waals surface area contributed by atoms with Crippen LogP contribution < -0.4 is 10.2 Å². The van der Waals surface area contributed by atoms with E-state index in [2.05, 4.69) is 10.2 Å². The molecule has 0 unspecified atom stereocenters. The number of halogens is 3. The molecular weight excluding hydrogens is 435 g/mol. The van der Waals surface area contributed by atoms with Crippen molar-refractivity contribution in [3.63, 3.8) is 0 Å². The summed E-state index contributed by atoms with van der Waals surface area (Å²) in [4.78, 5) is 15.0. The van der Waals surface area contributed by atoms with Crippen LogP contribution in [0.2, 0.25) is 15.1 Å². The molecule has 1 saturated heterocycles. The Morgan fingerprint density at radius 2 is 1.79 bits per heavy atom. The number of anilines is 2. The fraction of sp³-hybridized carbons (Fsp3) is 0.190. The van der Waals surface area contributed by atoms with E-state index in [4.69, 9.17) is 44.0 Å². The summed E-state index contributed by atoms with van der Waals surface area (Å²) in [5.41, 5.74) is 2.12. The van der Waals surface area contributed by atoms with E-state index in [0.29, 0.717) is 45.3 Å². The molecule has 1 N–H and O–H groups in total. The summed E-state index contributed by atoms with van der Waals surface area (Å²) in [6.45, 7) is 2.75. The van der Waals surface area contributed by atoms with E-state index < -0.39 is 0 Å². The highest BCUT2D eigenvalue weighted by atomic mass is 35.5. The molecule has 1 aliphatic rings. The predicted octanol–water partition coefficient (Wildman–Crippen LogP) is 6.00. The number of hydrogen-bond donors (Lipinski definition) is 1. The van der Waals surface area contributed by atoms with Crippen molar-refractivity contribution in [3.05, 3.63) is 69.4 Å². The van der Waals surface area contributed by atoms with Crippen molar-refractivity contribution in [2.24, 2.45) is 0 Å². The molecule has 1 aliphatic heterocycles. The third-order valence-electron chi connectivity index (χ3n) is 4.61. The maximum absolute atomic E-state index is 12.8. The lowest BCUT2D eigenvalue weighted by Crippen LogP contribution is -2.36. The number of carbonyl (C=O) groups is 1. The van der Waals surface area contributed by atoms with Crippen molar-refractivity contribution >= 4 is 52.1 Å². The van der Waals surface area contributed by atoms with E-state index in [9.17, 15) is 4.79 Å². The summed E-state index contributed by atoms with van der Waals surface area (Å²) in [7, 11) is 0. The number of nitrogens with zero attached hydrogens (tertiary/aromatic N) is 1. The number of rotatable bonds is 4. The summed E-state index contributed by atoms with van der Waals surface area (Å²) >= 11 is 18.5. The van der Waals surface area contributed by atoms with Gasteiger partial charge in [0.15, 0.2) is 5.76 Å². The second kappa shape index (κ2) is 8.67. The molecule has 150 valence electrons. The Hall–Kier alpha value is -2.18. The zero-order valence-corrected chi connectivity index (χ0v) is 17.5. The second-order valence-corrected chi connectivity index (χ2v) is 7.70. The maximum Gasteiger partial charge on any atom is 0.291 e. The van der Waals surface area contributed by atoms with E-state index in [1.54, 1.807) is 42.5 Å². The summed E-state index contributed by atoms with van der Waals surface area (Å²) in [5.74, 6) is 0.234. The molecule has 4 rings (SSSR count). The van der Waals surface area contributed by atoms with E-state index in [0.717, 1.165) is 18.8 Å². The highest BCUT2D eigenvalue weighted by Crippen LogP contribution is 2.35. The number of nitrogens with one attached hydrogen (secondary N) is 1. The molecule has 1 aromatic heterocycles. The zero-order valence-electron chi connectivity index (χ0n) is 15.3. The number of hydrogen-bond acceptors (Lipinski definition) is 4. The number of ether oxygens (including phenoxy) is 1. The minimum Gasteiger partial charge on any atom is -0.451 e. The van der Waals surface area contributed by atoms with Gasteiger partial charge in [-0.1, -0.05) is 40.9 Å². The Balaban J connectivity index is 1.58. The molecule has 1 fully saturated rings. The first kappa shape index (κ1) is 20.1. The Labute approximate surface area is 183 Å². The predicted molar refractivity (Wildman–Crippen MR) is 117 cm³/mol. The van der Waals surface area contributed by atoms with Crippen LogP contribution in [0.3, 0.4) is 0 Å². The van der Waals surface area contributed by atoms with Gasteiger partial charge in [0, 0.05) is 23.7 Å². The Kier molecular flexibility index (Phi) is 6.01. The summed E-state index contributed by atoms with van der Waals surface area (Å²) in [5, 5.41) is 4.22. The van der Waals surface area contributed by atoms with Gasteiger partial charge < -0.3 is 19.4 Å². The second-order valence-electron chi connectivity index (χ2n) is 6.48. The fourth-order valence-corrected chi connectivity index (χ4v) is 3.74. The van der Waals surface area contributed by atoms with Crippen LogP contribution in [0.4, 0.5) is 11.4 Å². The van der Waals surface area contributed by atoms with E-state index in [1.807, 2.05) is 6.07 Å². The third-order valence-corrected chi connectivity index (χ3v) is 5.66. The highest BCUT2D eigenvalue weighted by Gasteiger charge is 2.19. The molecule has 1 amide bonds. The van der Waals surface area contributed by atoms with Crippen LogP contribution >= 0.6 is 34.8 Å². The molecule has 5 nitrogen and oxygen atoms in total. The fourth-order valence-electron chi connectivity index (χ4n) is 3.17. The van der Waals surface area contributed by atoms with Gasteiger partial charge in [0.25, 0.3) is 5.91 Å². The van der Waals surface area contributed by atoms with E-state index in [1.165, 1.54) is 0 Å². The van der Waals surface area contributed by atoms with Gasteiger partial charge in [-0.2, -0.15) is 0 Å². The molecule has 0 saturated carbocycles. The first-order valence-corrected chi connectivity index (χ1v) is 10.1. The SMILES string of the molecule is O=C(Nc1cc(Cl)ccc1N1CCOCC1)c1ccc(-c2cccc(Cl)c2Cl)o1. The minimum atomic E-state index is -0.383. The van der Waals surface area contributed by atoms with Crippen LogP contribution in [0.5, 0.6) is 0 Å². The molecule has 3 aromatic rings. The number of benzene rings is 2. The average molecular weight is 452 g/mol. The number of morpholine rings is 1. The van der Waals surface area contributed by atoms with Gasteiger partial charge in [-0.3, -0.25) is 4.79 Å². The molecular formula is C21H17Cl3N2O3. The monoisotopic (exact) mass is 450 g/mol. The van der Waals surface area contributed by atoms with Crippen LogP contribution in [-0.2, 0) is 4.74 Å². The minimum absolute atomic E-state index is 0.156. The van der Waals surface area contributed by atoms with E-state index >= 15 is 0 Å². The smallest absolute Gasteiger partial charge is 0.291 e. The zero-order chi connectivity index (χ0) is 20.4. The Morgan fingerprint density at radius 3 is 2.59 bits per heavy atom. The molecule has 2 heterocycles. The largest absolute Gasteiger partial charge is 0.451 e. The van der Waals surface area contributed by atoms with Gasteiger partial charge in [0.2, 0.25) is 0 Å². The molecule has 0 spiro atoms. The Morgan fingerprint density at radius 1 is 1.00 bits per heavy atom. The average Bonchev–Trinajstić information content (AvgIpc) is 3.21. The lowest BCUT2D eigenvalue weighted by atomic mass is 10.2. The van der Waals surface area contributed by atoms with Crippen molar-refractivity contribution < 1.29 is 13.9 Å². The van der Waals surface area contributed by atoms with Gasteiger partial charge in [0.1, 0.15) is 5.76 Å². The Bertz CT molecular complexity index is 1050. The van der Waals surface area contributed by atoms with Crippen molar-refractivity contribution in [1.82, 2.24) is 0 Å². The normalized spacial score (nSPS) is 14.1. The van der Waals surface area contributed by atoms with Gasteiger partial charge >= 0.3 is 0 Å². The molecule has 8 heteroatoms. The molecule has 0 bridgehead atoms. The first-order valence-electron chi connectivity index (χ1n) is 9.01. The third kappa shape index (κ3) is 4.38. The van der Waals surface area contributed by atoms with Crippen LogP contribution in [0.25, 0.3) is 11.3 Å². The molecule has 0 radical (unpaired) electrons.